The number of anilines is 1. The highest BCUT2D eigenvalue weighted by atomic mass is 16.5. The number of amides is 1. The quantitative estimate of drug-likeness (QED) is 0.813. The van der Waals surface area contributed by atoms with Crippen LogP contribution in [0.1, 0.15) is 43.2 Å². The van der Waals surface area contributed by atoms with E-state index in [4.69, 9.17) is 9.26 Å². The molecule has 0 aliphatic rings. The first kappa shape index (κ1) is 18.0. The molecule has 0 bridgehead atoms. The SMILES string of the molecule is CCC(NC(C)c1cc(C)ccc1OC)C(=O)Nc1cc(C)on1. The molecule has 1 aromatic carbocycles. The summed E-state index contributed by atoms with van der Waals surface area (Å²) in [5.41, 5.74) is 2.18. The third-order valence-corrected chi connectivity index (χ3v) is 3.91. The lowest BCUT2D eigenvalue weighted by atomic mass is 10.0. The van der Waals surface area contributed by atoms with E-state index in [0.717, 1.165) is 16.9 Å². The van der Waals surface area contributed by atoms with Crippen molar-refractivity contribution in [2.75, 3.05) is 12.4 Å². The van der Waals surface area contributed by atoms with Gasteiger partial charge in [0.25, 0.3) is 0 Å². The highest BCUT2D eigenvalue weighted by molar-refractivity contribution is 5.94. The molecule has 2 aromatic rings. The average Bonchev–Trinajstić information content (AvgIpc) is 2.97. The van der Waals surface area contributed by atoms with E-state index in [1.54, 1.807) is 20.1 Å². The minimum Gasteiger partial charge on any atom is -0.496 e. The highest BCUT2D eigenvalue weighted by Crippen LogP contribution is 2.26. The summed E-state index contributed by atoms with van der Waals surface area (Å²) in [5, 5.41) is 9.93. The van der Waals surface area contributed by atoms with Crippen LogP contribution in [-0.4, -0.2) is 24.2 Å². The maximum Gasteiger partial charge on any atom is 0.242 e. The van der Waals surface area contributed by atoms with Gasteiger partial charge in [0.2, 0.25) is 5.91 Å². The summed E-state index contributed by atoms with van der Waals surface area (Å²) in [6, 6.07) is 7.34. The van der Waals surface area contributed by atoms with Gasteiger partial charge in [-0.05, 0) is 33.3 Å². The van der Waals surface area contributed by atoms with E-state index in [2.05, 4.69) is 21.9 Å². The Morgan fingerprint density at radius 1 is 1.33 bits per heavy atom. The van der Waals surface area contributed by atoms with Crippen molar-refractivity contribution in [1.82, 2.24) is 10.5 Å². The minimum atomic E-state index is -0.345. The molecule has 0 saturated heterocycles. The first-order chi connectivity index (χ1) is 11.4. The Morgan fingerprint density at radius 3 is 2.67 bits per heavy atom. The second kappa shape index (κ2) is 7.97. The van der Waals surface area contributed by atoms with Gasteiger partial charge < -0.3 is 14.6 Å². The van der Waals surface area contributed by atoms with Gasteiger partial charge in [-0.25, -0.2) is 0 Å². The van der Waals surface area contributed by atoms with Crippen LogP contribution >= 0.6 is 0 Å². The molecule has 2 N–H and O–H groups in total. The first-order valence-electron chi connectivity index (χ1n) is 8.09. The third kappa shape index (κ3) is 4.35. The van der Waals surface area contributed by atoms with Crippen molar-refractivity contribution in [3.8, 4) is 5.75 Å². The van der Waals surface area contributed by atoms with Crippen LogP contribution in [0.15, 0.2) is 28.8 Å². The fraction of sp³-hybridized carbons (Fsp3) is 0.444. The number of carbonyl (C=O) groups is 1. The second-order valence-electron chi connectivity index (χ2n) is 5.91. The van der Waals surface area contributed by atoms with E-state index in [1.807, 2.05) is 32.9 Å². The number of methoxy groups -OCH3 is 1. The fourth-order valence-corrected chi connectivity index (χ4v) is 2.60. The Balaban J connectivity index is 2.08. The largest absolute Gasteiger partial charge is 0.496 e. The molecule has 1 amide bonds. The molecule has 24 heavy (non-hydrogen) atoms. The van der Waals surface area contributed by atoms with E-state index < -0.39 is 0 Å². The Morgan fingerprint density at radius 2 is 2.08 bits per heavy atom. The van der Waals surface area contributed by atoms with Crippen molar-refractivity contribution in [3.05, 3.63) is 41.2 Å². The zero-order valence-corrected chi connectivity index (χ0v) is 14.8. The molecule has 6 heteroatoms. The Bertz CT molecular complexity index is 697. The zero-order chi connectivity index (χ0) is 17.7. The van der Waals surface area contributed by atoms with Gasteiger partial charge in [-0.2, -0.15) is 0 Å². The Kier molecular flexibility index (Phi) is 5.98. The van der Waals surface area contributed by atoms with E-state index in [9.17, 15) is 4.79 Å². The number of rotatable bonds is 7. The summed E-state index contributed by atoms with van der Waals surface area (Å²) in [6.07, 6.45) is 0.654. The molecule has 0 radical (unpaired) electrons. The standard InChI is InChI=1S/C18H25N3O3/c1-6-15(18(22)20-17-10-12(3)24-21-17)19-13(4)14-9-11(2)7-8-16(14)23-5/h7-10,13,15,19H,6H2,1-5H3,(H,20,21,22). The Hall–Kier alpha value is -2.34. The summed E-state index contributed by atoms with van der Waals surface area (Å²) >= 11 is 0. The van der Waals surface area contributed by atoms with Crippen LogP contribution in [0.5, 0.6) is 5.75 Å². The molecule has 2 rings (SSSR count). The molecule has 2 unspecified atom stereocenters. The summed E-state index contributed by atoms with van der Waals surface area (Å²) < 4.78 is 10.4. The lowest BCUT2D eigenvalue weighted by molar-refractivity contribution is -0.118. The van der Waals surface area contributed by atoms with Gasteiger partial charge in [0.15, 0.2) is 5.82 Å². The summed E-state index contributed by atoms with van der Waals surface area (Å²) in [4.78, 5) is 12.5. The van der Waals surface area contributed by atoms with Crippen LogP contribution in [0.3, 0.4) is 0 Å². The number of nitrogens with zero attached hydrogens (tertiary/aromatic N) is 1. The highest BCUT2D eigenvalue weighted by Gasteiger charge is 2.22. The van der Waals surface area contributed by atoms with Crippen molar-refractivity contribution in [2.24, 2.45) is 0 Å². The van der Waals surface area contributed by atoms with Crippen LogP contribution in [-0.2, 0) is 4.79 Å². The Labute approximate surface area is 142 Å². The molecule has 6 nitrogen and oxygen atoms in total. The van der Waals surface area contributed by atoms with Crippen LogP contribution in [0, 0.1) is 13.8 Å². The number of nitrogens with one attached hydrogen (secondary N) is 2. The third-order valence-electron chi connectivity index (χ3n) is 3.91. The maximum atomic E-state index is 12.5. The van der Waals surface area contributed by atoms with E-state index in [-0.39, 0.29) is 18.0 Å². The predicted octanol–water partition coefficient (Wildman–Crippen LogP) is 3.37. The molecule has 0 aliphatic carbocycles. The number of benzene rings is 1. The molecule has 0 saturated carbocycles. The van der Waals surface area contributed by atoms with Crippen LogP contribution in [0.25, 0.3) is 0 Å². The topological polar surface area (TPSA) is 76.4 Å². The van der Waals surface area contributed by atoms with Gasteiger partial charge in [-0.1, -0.05) is 29.8 Å². The van der Waals surface area contributed by atoms with Gasteiger partial charge >= 0.3 is 0 Å². The molecule has 1 aromatic heterocycles. The second-order valence-corrected chi connectivity index (χ2v) is 5.91. The van der Waals surface area contributed by atoms with Crippen molar-refractivity contribution in [2.45, 2.75) is 46.2 Å². The monoisotopic (exact) mass is 331 g/mol. The number of carbonyl (C=O) groups excluding carboxylic acids is 1. The molecule has 130 valence electrons. The van der Waals surface area contributed by atoms with Crippen LogP contribution < -0.4 is 15.4 Å². The first-order valence-corrected chi connectivity index (χ1v) is 8.09. The van der Waals surface area contributed by atoms with Crippen molar-refractivity contribution in [3.63, 3.8) is 0 Å². The van der Waals surface area contributed by atoms with E-state index in [0.29, 0.717) is 18.0 Å². The van der Waals surface area contributed by atoms with Gasteiger partial charge in [0, 0.05) is 17.7 Å². The summed E-state index contributed by atoms with van der Waals surface area (Å²) in [5.74, 6) is 1.76. The van der Waals surface area contributed by atoms with Gasteiger partial charge in [-0.3, -0.25) is 10.1 Å². The van der Waals surface area contributed by atoms with Crippen molar-refractivity contribution in [1.29, 1.82) is 0 Å². The maximum absolute atomic E-state index is 12.5. The normalized spacial score (nSPS) is 13.4. The van der Waals surface area contributed by atoms with Crippen molar-refractivity contribution < 1.29 is 14.1 Å². The number of hydrogen-bond donors (Lipinski definition) is 2. The fourth-order valence-electron chi connectivity index (χ4n) is 2.60. The van der Waals surface area contributed by atoms with Crippen LogP contribution in [0.4, 0.5) is 5.82 Å². The smallest absolute Gasteiger partial charge is 0.242 e. The summed E-state index contributed by atoms with van der Waals surface area (Å²) in [6.45, 7) is 7.80. The van der Waals surface area contributed by atoms with Gasteiger partial charge in [-0.15, -0.1) is 0 Å². The lowest BCUT2D eigenvalue weighted by Crippen LogP contribution is -2.41. The number of aromatic nitrogens is 1. The van der Waals surface area contributed by atoms with Crippen molar-refractivity contribution >= 4 is 11.7 Å². The van der Waals surface area contributed by atoms with E-state index >= 15 is 0 Å². The van der Waals surface area contributed by atoms with E-state index in [1.165, 1.54) is 0 Å². The predicted molar refractivity (Wildman–Crippen MR) is 93.2 cm³/mol. The zero-order valence-electron chi connectivity index (χ0n) is 14.8. The molecule has 0 aliphatic heterocycles. The average molecular weight is 331 g/mol. The lowest BCUT2D eigenvalue weighted by Gasteiger charge is -2.23. The molecular weight excluding hydrogens is 306 g/mol. The molecule has 0 fully saturated rings. The summed E-state index contributed by atoms with van der Waals surface area (Å²) in [7, 11) is 1.65. The molecule has 0 spiro atoms. The number of aryl methyl sites for hydroxylation is 2. The number of ether oxygens (including phenoxy) is 1. The number of hydrogen-bond acceptors (Lipinski definition) is 5. The molecular formula is C18H25N3O3. The molecule has 2 atom stereocenters. The van der Waals surface area contributed by atoms with Crippen LogP contribution in [0.2, 0.25) is 0 Å². The van der Waals surface area contributed by atoms with Gasteiger partial charge in [0.05, 0.1) is 13.2 Å². The minimum absolute atomic E-state index is 0.0328. The van der Waals surface area contributed by atoms with Gasteiger partial charge in [0.1, 0.15) is 11.5 Å². The molecule has 1 heterocycles.